The van der Waals surface area contributed by atoms with Crippen LogP contribution in [-0.4, -0.2) is 35.3 Å². The number of likely N-dealkylation sites (N-methyl/N-ethyl adjacent to an activating group) is 1. The predicted octanol–water partition coefficient (Wildman–Crippen LogP) is 2.49. The van der Waals surface area contributed by atoms with Crippen molar-refractivity contribution < 1.29 is 10.2 Å². The Balaban J connectivity index is 2.08. The van der Waals surface area contributed by atoms with E-state index in [0.717, 1.165) is 29.8 Å². The largest absolute Gasteiger partial charge is 0.392 e. The smallest absolute Gasteiger partial charge is 0.0992 e. The SMILES string of the molecule is CN1CC[C@](O)(c2ccccc2CO)[C@@H](c2ccccc2)C1. The predicted molar refractivity (Wildman–Crippen MR) is 87.6 cm³/mol. The van der Waals surface area contributed by atoms with Crippen LogP contribution in [0.1, 0.15) is 29.0 Å². The fourth-order valence-corrected chi connectivity index (χ4v) is 3.56. The minimum atomic E-state index is -0.937. The second-order valence-corrected chi connectivity index (χ2v) is 6.22. The third-order valence-corrected chi connectivity index (χ3v) is 4.80. The number of benzene rings is 2. The number of aliphatic hydroxyl groups is 2. The molecule has 3 rings (SSSR count). The van der Waals surface area contributed by atoms with E-state index < -0.39 is 5.60 Å². The zero-order valence-corrected chi connectivity index (χ0v) is 12.9. The van der Waals surface area contributed by atoms with E-state index in [1.165, 1.54) is 0 Å². The molecular formula is C19H23NO2. The van der Waals surface area contributed by atoms with Crippen LogP contribution in [-0.2, 0) is 12.2 Å². The van der Waals surface area contributed by atoms with Crippen LogP contribution in [0.2, 0.25) is 0 Å². The van der Waals surface area contributed by atoms with Crippen LogP contribution >= 0.6 is 0 Å². The molecule has 1 fully saturated rings. The number of nitrogens with zero attached hydrogens (tertiary/aromatic N) is 1. The van der Waals surface area contributed by atoms with Crippen LogP contribution in [0.4, 0.5) is 0 Å². The molecule has 2 N–H and O–H groups in total. The molecule has 2 aromatic carbocycles. The standard InChI is InChI=1S/C19H23NO2/c1-20-12-11-19(22,17-10-6-5-9-16(17)14-21)18(13-20)15-7-3-2-4-8-15/h2-10,18,21-22H,11-14H2,1H3/t18-,19+/m1/s1. The first-order chi connectivity index (χ1) is 10.6. The molecule has 0 bridgehead atoms. The average Bonchev–Trinajstić information content (AvgIpc) is 2.58. The van der Waals surface area contributed by atoms with Gasteiger partial charge in [0.05, 0.1) is 12.2 Å². The maximum Gasteiger partial charge on any atom is 0.0992 e. The summed E-state index contributed by atoms with van der Waals surface area (Å²) < 4.78 is 0. The Kier molecular flexibility index (Phi) is 4.30. The maximum atomic E-state index is 11.5. The van der Waals surface area contributed by atoms with Crippen LogP contribution < -0.4 is 0 Å². The molecule has 0 aliphatic carbocycles. The lowest BCUT2D eigenvalue weighted by Crippen LogP contribution is -2.47. The summed E-state index contributed by atoms with van der Waals surface area (Å²) in [5, 5.41) is 21.2. The molecule has 116 valence electrons. The van der Waals surface area contributed by atoms with Gasteiger partial charge in [-0.25, -0.2) is 0 Å². The van der Waals surface area contributed by atoms with E-state index in [9.17, 15) is 10.2 Å². The number of rotatable bonds is 3. The molecule has 22 heavy (non-hydrogen) atoms. The van der Waals surface area contributed by atoms with E-state index in [2.05, 4.69) is 24.1 Å². The van der Waals surface area contributed by atoms with Gasteiger partial charge in [0.15, 0.2) is 0 Å². The molecule has 0 unspecified atom stereocenters. The number of hydrogen-bond donors (Lipinski definition) is 2. The normalized spacial score (nSPS) is 26.0. The summed E-state index contributed by atoms with van der Waals surface area (Å²) in [6.45, 7) is 1.61. The Morgan fingerprint density at radius 1 is 1.09 bits per heavy atom. The summed E-state index contributed by atoms with van der Waals surface area (Å²) in [6.07, 6.45) is 0.667. The number of piperidine rings is 1. The van der Waals surface area contributed by atoms with E-state index in [0.29, 0.717) is 6.42 Å². The monoisotopic (exact) mass is 297 g/mol. The van der Waals surface area contributed by atoms with Gasteiger partial charge in [0.1, 0.15) is 0 Å². The molecule has 2 atom stereocenters. The fourth-order valence-electron chi connectivity index (χ4n) is 3.56. The molecule has 0 amide bonds. The highest BCUT2D eigenvalue weighted by atomic mass is 16.3. The highest BCUT2D eigenvalue weighted by Gasteiger charge is 2.43. The van der Waals surface area contributed by atoms with Crippen molar-refractivity contribution in [2.75, 3.05) is 20.1 Å². The van der Waals surface area contributed by atoms with Gasteiger partial charge in [0.2, 0.25) is 0 Å². The van der Waals surface area contributed by atoms with Crippen molar-refractivity contribution in [2.45, 2.75) is 24.5 Å². The summed E-state index contributed by atoms with van der Waals surface area (Å²) >= 11 is 0. The van der Waals surface area contributed by atoms with Gasteiger partial charge in [-0.15, -0.1) is 0 Å². The molecule has 1 aliphatic heterocycles. The molecule has 0 spiro atoms. The van der Waals surface area contributed by atoms with E-state index in [1.807, 2.05) is 42.5 Å². The topological polar surface area (TPSA) is 43.7 Å². The molecule has 2 aromatic rings. The van der Waals surface area contributed by atoms with Gasteiger partial charge in [0.25, 0.3) is 0 Å². The molecular weight excluding hydrogens is 274 g/mol. The Hall–Kier alpha value is -1.68. The third kappa shape index (κ3) is 2.68. The third-order valence-electron chi connectivity index (χ3n) is 4.80. The number of hydrogen-bond acceptors (Lipinski definition) is 3. The van der Waals surface area contributed by atoms with Crippen molar-refractivity contribution in [1.29, 1.82) is 0 Å². The van der Waals surface area contributed by atoms with Crippen LogP contribution in [0, 0.1) is 0 Å². The van der Waals surface area contributed by atoms with E-state index in [1.54, 1.807) is 0 Å². The van der Waals surface area contributed by atoms with E-state index in [-0.39, 0.29) is 12.5 Å². The van der Waals surface area contributed by atoms with E-state index >= 15 is 0 Å². The molecule has 1 aliphatic rings. The van der Waals surface area contributed by atoms with Gasteiger partial charge in [0, 0.05) is 19.0 Å². The van der Waals surface area contributed by atoms with Crippen molar-refractivity contribution in [3.8, 4) is 0 Å². The first-order valence-corrected chi connectivity index (χ1v) is 7.80. The first-order valence-electron chi connectivity index (χ1n) is 7.80. The zero-order chi connectivity index (χ0) is 15.6. The molecule has 0 saturated carbocycles. The molecule has 0 aromatic heterocycles. The second-order valence-electron chi connectivity index (χ2n) is 6.22. The summed E-state index contributed by atoms with van der Waals surface area (Å²) in [7, 11) is 2.09. The van der Waals surface area contributed by atoms with Gasteiger partial charge < -0.3 is 15.1 Å². The van der Waals surface area contributed by atoms with Crippen LogP contribution in [0.5, 0.6) is 0 Å². The summed E-state index contributed by atoms with van der Waals surface area (Å²) in [5.74, 6) is 0.000139. The Morgan fingerprint density at radius 3 is 2.50 bits per heavy atom. The highest BCUT2D eigenvalue weighted by Crippen LogP contribution is 2.44. The van der Waals surface area contributed by atoms with Crippen molar-refractivity contribution >= 4 is 0 Å². The second kappa shape index (κ2) is 6.21. The van der Waals surface area contributed by atoms with Crippen molar-refractivity contribution in [3.05, 3.63) is 71.3 Å². The zero-order valence-electron chi connectivity index (χ0n) is 12.9. The Bertz CT molecular complexity index is 628. The lowest BCUT2D eigenvalue weighted by molar-refractivity contribution is -0.0431. The fraction of sp³-hybridized carbons (Fsp3) is 0.368. The minimum Gasteiger partial charge on any atom is -0.392 e. The average molecular weight is 297 g/mol. The molecule has 3 heteroatoms. The minimum absolute atomic E-state index is 0.000139. The molecule has 1 heterocycles. The summed E-state index contributed by atoms with van der Waals surface area (Å²) in [4.78, 5) is 2.26. The highest BCUT2D eigenvalue weighted by molar-refractivity contribution is 5.37. The lowest BCUT2D eigenvalue weighted by Gasteiger charge is -2.45. The van der Waals surface area contributed by atoms with E-state index in [4.69, 9.17) is 0 Å². The van der Waals surface area contributed by atoms with Crippen LogP contribution in [0.3, 0.4) is 0 Å². The van der Waals surface area contributed by atoms with Crippen LogP contribution in [0.15, 0.2) is 54.6 Å². The van der Waals surface area contributed by atoms with Gasteiger partial charge >= 0.3 is 0 Å². The van der Waals surface area contributed by atoms with Crippen molar-refractivity contribution in [1.82, 2.24) is 4.90 Å². The maximum absolute atomic E-state index is 11.5. The first kappa shape index (κ1) is 15.2. The number of aliphatic hydroxyl groups excluding tert-OH is 1. The van der Waals surface area contributed by atoms with Gasteiger partial charge in [-0.1, -0.05) is 54.6 Å². The van der Waals surface area contributed by atoms with Crippen LogP contribution in [0.25, 0.3) is 0 Å². The van der Waals surface area contributed by atoms with Crippen molar-refractivity contribution in [3.63, 3.8) is 0 Å². The molecule has 1 saturated heterocycles. The lowest BCUT2D eigenvalue weighted by atomic mass is 9.71. The summed E-state index contributed by atoms with van der Waals surface area (Å²) in [5.41, 5.74) is 1.88. The Morgan fingerprint density at radius 2 is 1.77 bits per heavy atom. The molecule has 3 nitrogen and oxygen atoms in total. The quantitative estimate of drug-likeness (QED) is 0.915. The van der Waals surface area contributed by atoms with Crippen molar-refractivity contribution in [2.24, 2.45) is 0 Å². The molecule has 0 radical (unpaired) electrons. The van der Waals surface area contributed by atoms with Gasteiger partial charge in [-0.05, 0) is 30.2 Å². The Labute approximate surface area is 131 Å². The summed E-state index contributed by atoms with van der Waals surface area (Å²) in [6, 6.07) is 17.9. The number of likely N-dealkylation sites (tertiary alicyclic amines) is 1. The van der Waals surface area contributed by atoms with Gasteiger partial charge in [-0.2, -0.15) is 0 Å². The van der Waals surface area contributed by atoms with Gasteiger partial charge in [-0.3, -0.25) is 0 Å².